The molecule has 3 aromatic rings. The molecule has 0 fully saturated rings. The SMILES string of the molecule is COc1ccc(OC)c(-c2csc(NC(=O)Cc3c(Cl)cc(C)nc3Cl)n2)c1. The highest BCUT2D eigenvalue weighted by atomic mass is 35.5. The molecule has 2 aromatic heterocycles. The molecule has 0 saturated carbocycles. The molecule has 1 N–H and O–H groups in total. The first-order valence-electron chi connectivity index (χ1n) is 8.20. The van der Waals surface area contributed by atoms with Gasteiger partial charge in [0.15, 0.2) is 5.13 Å². The summed E-state index contributed by atoms with van der Waals surface area (Å²) in [5, 5.41) is 5.69. The molecule has 146 valence electrons. The predicted molar refractivity (Wildman–Crippen MR) is 112 cm³/mol. The van der Waals surface area contributed by atoms with E-state index < -0.39 is 0 Å². The summed E-state index contributed by atoms with van der Waals surface area (Å²) < 4.78 is 10.7. The molecule has 0 unspecified atom stereocenters. The van der Waals surface area contributed by atoms with Gasteiger partial charge in [0.1, 0.15) is 16.7 Å². The Kier molecular flexibility index (Phi) is 6.39. The van der Waals surface area contributed by atoms with Crippen molar-refractivity contribution in [2.45, 2.75) is 13.3 Å². The maximum absolute atomic E-state index is 12.4. The molecule has 1 amide bonds. The number of carbonyl (C=O) groups excluding carboxylic acids is 1. The molecule has 3 rings (SSSR count). The molecule has 0 aliphatic heterocycles. The van der Waals surface area contributed by atoms with Gasteiger partial charge in [0.2, 0.25) is 5.91 Å². The number of hydrogen-bond donors (Lipinski definition) is 1. The molecule has 0 aliphatic carbocycles. The monoisotopic (exact) mass is 437 g/mol. The Morgan fingerprint density at radius 2 is 1.96 bits per heavy atom. The lowest BCUT2D eigenvalue weighted by molar-refractivity contribution is -0.115. The average molecular weight is 438 g/mol. The molecule has 0 atom stereocenters. The molecule has 9 heteroatoms. The molecule has 2 heterocycles. The summed E-state index contributed by atoms with van der Waals surface area (Å²) in [6, 6.07) is 7.12. The molecular formula is C19H17Cl2N3O3S. The van der Waals surface area contributed by atoms with Crippen LogP contribution in [-0.2, 0) is 11.2 Å². The molecule has 0 aliphatic rings. The number of ether oxygens (including phenoxy) is 2. The number of methoxy groups -OCH3 is 2. The minimum Gasteiger partial charge on any atom is -0.497 e. The fourth-order valence-electron chi connectivity index (χ4n) is 2.57. The van der Waals surface area contributed by atoms with Crippen molar-refractivity contribution in [3.05, 3.63) is 51.1 Å². The highest BCUT2D eigenvalue weighted by molar-refractivity contribution is 7.14. The normalized spacial score (nSPS) is 10.6. The van der Waals surface area contributed by atoms with Gasteiger partial charge < -0.3 is 14.8 Å². The van der Waals surface area contributed by atoms with Crippen molar-refractivity contribution in [3.63, 3.8) is 0 Å². The van der Waals surface area contributed by atoms with Gasteiger partial charge in [-0.3, -0.25) is 4.79 Å². The predicted octanol–water partition coefficient (Wildman–Crippen LogP) is 5.02. The number of pyridine rings is 1. The minimum absolute atomic E-state index is 0.00232. The van der Waals surface area contributed by atoms with Gasteiger partial charge in [-0.25, -0.2) is 9.97 Å². The summed E-state index contributed by atoms with van der Waals surface area (Å²) in [5.41, 5.74) is 2.62. The summed E-state index contributed by atoms with van der Waals surface area (Å²) in [4.78, 5) is 21.0. The van der Waals surface area contributed by atoms with E-state index in [0.29, 0.717) is 38.6 Å². The van der Waals surface area contributed by atoms with Gasteiger partial charge in [-0.2, -0.15) is 0 Å². The van der Waals surface area contributed by atoms with Crippen molar-refractivity contribution in [1.82, 2.24) is 9.97 Å². The highest BCUT2D eigenvalue weighted by Gasteiger charge is 2.16. The van der Waals surface area contributed by atoms with Crippen molar-refractivity contribution in [2.75, 3.05) is 19.5 Å². The first kappa shape index (κ1) is 20.4. The van der Waals surface area contributed by atoms with Crippen LogP contribution in [0.15, 0.2) is 29.6 Å². The third-order valence-corrected chi connectivity index (χ3v) is 5.33. The van der Waals surface area contributed by atoms with Crippen LogP contribution < -0.4 is 14.8 Å². The third kappa shape index (κ3) is 4.55. The molecule has 0 bridgehead atoms. The zero-order valence-corrected chi connectivity index (χ0v) is 17.7. The van der Waals surface area contributed by atoms with E-state index in [1.54, 1.807) is 39.3 Å². The number of nitrogens with zero attached hydrogens (tertiary/aromatic N) is 2. The lowest BCUT2D eigenvalue weighted by Gasteiger charge is -2.08. The van der Waals surface area contributed by atoms with E-state index in [9.17, 15) is 4.79 Å². The first-order valence-corrected chi connectivity index (χ1v) is 9.84. The summed E-state index contributed by atoms with van der Waals surface area (Å²) in [5.74, 6) is 1.06. The molecule has 28 heavy (non-hydrogen) atoms. The Morgan fingerprint density at radius 3 is 2.64 bits per heavy atom. The van der Waals surface area contributed by atoms with Gasteiger partial charge in [0.05, 0.1) is 26.3 Å². The first-order chi connectivity index (χ1) is 13.4. The number of hydrogen-bond acceptors (Lipinski definition) is 6. The van der Waals surface area contributed by atoms with Gasteiger partial charge in [0.25, 0.3) is 0 Å². The van der Waals surface area contributed by atoms with Crippen LogP contribution in [0.5, 0.6) is 11.5 Å². The molecule has 0 radical (unpaired) electrons. The average Bonchev–Trinajstić information content (AvgIpc) is 3.12. The number of carbonyl (C=O) groups is 1. The van der Waals surface area contributed by atoms with Crippen LogP contribution in [0.4, 0.5) is 5.13 Å². The Labute approximate surface area is 176 Å². The minimum atomic E-state index is -0.284. The lowest BCUT2D eigenvalue weighted by atomic mass is 10.1. The number of halogens is 2. The summed E-state index contributed by atoms with van der Waals surface area (Å²) in [6.07, 6.45) is 0.00232. The number of aryl methyl sites for hydroxylation is 1. The molecule has 0 saturated heterocycles. The number of nitrogens with one attached hydrogen (secondary N) is 1. The second-order valence-electron chi connectivity index (χ2n) is 5.84. The Hall–Kier alpha value is -2.35. The lowest BCUT2D eigenvalue weighted by Crippen LogP contribution is -2.15. The fourth-order valence-corrected chi connectivity index (χ4v) is 3.97. The highest BCUT2D eigenvalue weighted by Crippen LogP contribution is 2.35. The standard InChI is InChI=1S/C19H17Cl2N3O3S/c1-10-6-14(20)12(18(21)22-10)8-17(25)24-19-23-15(9-28-19)13-7-11(26-2)4-5-16(13)27-3/h4-7,9H,8H2,1-3H3,(H,23,24,25). The van der Waals surface area contributed by atoms with Gasteiger partial charge >= 0.3 is 0 Å². The van der Waals surface area contributed by atoms with Crippen LogP contribution >= 0.6 is 34.5 Å². The molecule has 1 aromatic carbocycles. The second-order valence-corrected chi connectivity index (χ2v) is 7.47. The maximum atomic E-state index is 12.4. The van der Waals surface area contributed by atoms with E-state index in [0.717, 1.165) is 5.56 Å². The van der Waals surface area contributed by atoms with Gasteiger partial charge in [-0.1, -0.05) is 23.2 Å². The largest absolute Gasteiger partial charge is 0.497 e. The fraction of sp³-hybridized carbons (Fsp3) is 0.211. The zero-order valence-electron chi connectivity index (χ0n) is 15.4. The van der Waals surface area contributed by atoms with Crippen molar-refractivity contribution < 1.29 is 14.3 Å². The van der Waals surface area contributed by atoms with Gasteiger partial charge in [-0.15, -0.1) is 11.3 Å². The van der Waals surface area contributed by atoms with E-state index in [1.807, 2.05) is 11.4 Å². The number of anilines is 1. The van der Waals surface area contributed by atoms with Crippen LogP contribution in [0.2, 0.25) is 10.2 Å². The van der Waals surface area contributed by atoms with E-state index in [1.165, 1.54) is 11.3 Å². The van der Waals surface area contributed by atoms with Gasteiger partial charge in [0, 0.05) is 27.2 Å². The van der Waals surface area contributed by atoms with Crippen LogP contribution in [0.3, 0.4) is 0 Å². The van der Waals surface area contributed by atoms with Crippen molar-refractivity contribution >= 4 is 45.6 Å². The summed E-state index contributed by atoms with van der Waals surface area (Å²) in [7, 11) is 3.18. The zero-order chi connectivity index (χ0) is 20.3. The van der Waals surface area contributed by atoms with Gasteiger partial charge in [-0.05, 0) is 31.2 Å². The summed E-state index contributed by atoms with van der Waals surface area (Å²) >= 11 is 13.6. The van der Waals surface area contributed by atoms with Crippen molar-refractivity contribution in [3.8, 4) is 22.8 Å². The Bertz CT molecular complexity index is 1000. The quantitative estimate of drug-likeness (QED) is 0.548. The molecular weight excluding hydrogens is 421 g/mol. The summed E-state index contributed by atoms with van der Waals surface area (Å²) in [6.45, 7) is 1.78. The maximum Gasteiger partial charge on any atom is 0.230 e. The smallest absolute Gasteiger partial charge is 0.230 e. The van der Waals surface area contributed by atoms with Crippen LogP contribution in [0.1, 0.15) is 11.3 Å². The van der Waals surface area contributed by atoms with Crippen molar-refractivity contribution in [2.24, 2.45) is 0 Å². The third-order valence-electron chi connectivity index (χ3n) is 3.92. The topological polar surface area (TPSA) is 73.3 Å². The molecule has 6 nitrogen and oxygen atoms in total. The van der Waals surface area contributed by atoms with Crippen LogP contribution in [0.25, 0.3) is 11.3 Å². The number of amides is 1. The number of aromatic nitrogens is 2. The number of rotatable bonds is 6. The van der Waals surface area contributed by atoms with Crippen LogP contribution in [-0.4, -0.2) is 30.1 Å². The Morgan fingerprint density at radius 1 is 1.18 bits per heavy atom. The van der Waals surface area contributed by atoms with Crippen LogP contribution in [0, 0.1) is 6.92 Å². The van der Waals surface area contributed by atoms with E-state index in [4.69, 9.17) is 32.7 Å². The van der Waals surface area contributed by atoms with E-state index in [2.05, 4.69) is 15.3 Å². The van der Waals surface area contributed by atoms with Crippen molar-refractivity contribution in [1.29, 1.82) is 0 Å². The van der Waals surface area contributed by atoms with E-state index >= 15 is 0 Å². The number of benzene rings is 1. The number of thiazole rings is 1. The molecule has 0 spiro atoms. The Balaban J connectivity index is 1.78. The van der Waals surface area contributed by atoms with E-state index in [-0.39, 0.29) is 17.5 Å². The second kappa shape index (κ2) is 8.77.